The second kappa shape index (κ2) is 9.49. The topological polar surface area (TPSA) is 65.5 Å². The minimum absolute atomic E-state index is 0.0367. The first-order chi connectivity index (χ1) is 15.0. The van der Waals surface area contributed by atoms with Crippen molar-refractivity contribution in [2.45, 2.75) is 0 Å². The summed E-state index contributed by atoms with van der Waals surface area (Å²) in [5.41, 5.74) is 2.78. The van der Waals surface area contributed by atoms with Gasteiger partial charge >= 0.3 is 0 Å². The summed E-state index contributed by atoms with van der Waals surface area (Å²) in [6, 6.07) is 16.6. The normalized spacial score (nSPS) is 13.7. The molecule has 4 rings (SSSR count). The molecule has 2 heterocycles. The second-order valence-corrected chi connectivity index (χ2v) is 8.47. The number of carbonyl (C=O) groups excluding carboxylic acids is 2. The Morgan fingerprint density at radius 3 is 2.35 bits per heavy atom. The number of nitrogens with one attached hydrogen (secondary N) is 1. The van der Waals surface area contributed by atoms with Crippen LogP contribution in [0, 0.1) is 0 Å². The summed E-state index contributed by atoms with van der Waals surface area (Å²) >= 11 is 9.49. The molecule has 158 valence electrons. The van der Waals surface area contributed by atoms with Crippen molar-refractivity contribution in [1.82, 2.24) is 9.88 Å². The zero-order chi connectivity index (χ0) is 21.8. The molecule has 0 spiro atoms. The Morgan fingerprint density at radius 2 is 1.68 bits per heavy atom. The first kappa shape index (κ1) is 21.3. The average Bonchev–Trinajstić information content (AvgIpc) is 2.79. The van der Waals surface area contributed by atoms with Crippen LogP contribution in [0.4, 0.5) is 11.4 Å². The number of pyridine rings is 1. The number of rotatable bonds is 4. The summed E-state index contributed by atoms with van der Waals surface area (Å²) in [7, 11) is 0. The molecule has 0 radical (unpaired) electrons. The number of anilines is 2. The number of aromatic nitrogens is 1. The third-order valence-corrected chi connectivity index (χ3v) is 5.89. The third-order valence-electron chi connectivity index (χ3n) is 5.13. The molecule has 1 aliphatic heterocycles. The highest BCUT2D eigenvalue weighted by atomic mass is 79.9. The van der Waals surface area contributed by atoms with Gasteiger partial charge in [-0.1, -0.05) is 23.7 Å². The molecule has 1 aliphatic rings. The number of nitrogens with zero attached hydrogens (tertiary/aromatic N) is 3. The van der Waals surface area contributed by atoms with Crippen LogP contribution in [0.2, 0.25) is 5.02 Å². The molecule has 0 aliphatic carbocycles. The molecule has 0 unspecified atom stereocenters. The Balaban J connectivity index is 1.35. The Bertz CT molecular complexity index is 1100. The van der Waals surface area contributed by atoms with Crippen LogP contribution in [0.25, 0.3) is 0 Å². The molecular formula is C23H20BrClN4O2. The number of benzene rings is 2. The fourth-order valence-electron chi connectivity index (χ4n) is 3.47. The quantitative estimate of drug-likeness (QED) is 0.564. The van der Waals surface area contributed by atoms with Crippen LogP contribution in [0.5, 0.6) is 0 Å². The van der Waals surface area contributed by atoms with E-state index in [0.717, 1.165) is 23.2 Å². The van der Waals surface area contributed by atoms with Gasteiger partial charge in [-0.15, -0.1) is 0 Å². The predicted molar refractivity (Wildman–Crippen MR) is 126 cm³/mol. The van der Waals surface area contributed by atoms with E-state index in [1.807, 2.05) is 41.3 Å². The van der Waals surface area contributed by atoms with Gasteiger partial charge in [0, 0.05) is 54.4 Å². The summed E-state index contributed by atoms with van der Waals surface area (Å²) in [6.45, 7) is 2.70. The Hall–Kier alpha value is -2.90. The molecule has 2 aromatic carbocycles. The van der Waals surface area contributed by atoms with E-state index in [1.54, 1.807) is 24.4 Å². The SMILES string of the molecule is O=C(Nc1ccc(N2CCN(C(=O)c3ccccc3Cl)CC2)cc1)c1cncc(Br)c1. The zero-order valence-electron chi connectivity index (χ0n) is 16.6. The van der Waals surface area contributed by atoms with Gasteiger partial charge in [0.1, 0.15) is 0 Å². The molecule has 0 bridgehead atoms. The molecule has 3 aromatic rings. The first-order valence-corrected chi connectivity index (χ1v) is 11.0. The Morgan fingerprint density at radius 1 is 0.968 bits per heavy atom. The number of hydrogen-bond acceptors (Lipinski definition) is 4. The fraction of sp³-hybridized carbons (Fsp3) is 0.174. The van der Waals surface area contributed by atoms with Gasteiger partial charge in [-0.2, -0.15) is 0 Å². The van der Waals surface area contributed by atoms with Gasteiger partial charge in [0.2, 0.25) is 0 Å². The maximum absolute atomic E-state index is 12.7. The Kier molecular flexibility index (Phi) is 6.53. The van der Waals surface area contributed by atoms with E-state index in [9.17, 15) is 9.59 Å². The van der Waals surface area contributed by atoms with E-state index < -0.39 is 0 Å². The van der Waals surface area contributed by atoms with Gasteiger partial charge in [-0.05, 0) is 58.4 Å². The van der Waals surface area contributed by atoms with Crippen molar-refractivity contribution in [1.29, 1.82) is 0 Å². The van der Waals surface area contributed by atoms with Crippen LogP contribution in [-0.4, -0.2) is 47.9 Å². The number of piperazine rings is 1. The van der Waals surface area contributed by atoms with Crippen molar-refractivity contribution in [3.05, 3.63) is 87.6 Å². The van der Waals surface area contributed by atoms with Crippen molar-refractivity contribution >= 4 is 50.7 Å². The molecule has 1 saturated heterocycles. The zero-order valence-corrected chi connectivity index (χ0v) is 18.9. The average molecular weight is 500 g/mol. The van der Waals surface area contributed by atoms with Gasteiger partial charge in [-0.3, -0.25) is 14.6 Å². The van der Waals surface area contributed by atoms with E-state index in [0.29, 0.717) is 34.9 Å². The highest BCUT2D eigenvalue weighted by Gasteiger charge is 2.23. The second-order valence-electron chi connectivity index (χ2n) is 7.15. The standard InChI is InChI=1S/C23H20BrClN4O2/c24-17-13-16(14-26-15-17)22(30)27-18-5-7-19(8-6-18)28-9-11-29(12-10-28)23(31)20-3-1-2-4-21(20)25/h1-8,13-15H,9-12H2,(H,27,30). The lowest BCUT2D eigenvalue weighted by Gasteiger charge is -2.36. The minimum atomic E-state index is -0.215. The summed E-state index contributed by atoms with van der Waals surface area (Å²) in [5, 5.41) is 3.36. The molecule has 31 heavy (non-hydrogen) atoms. The van der Waals surface area contributed by atoms with Gasteiger partial charge in [0.15, 0.2) is 0 Å². The van der Waals surface area contributed by atoms with Gasteiger partial charge in [0.05, 0.1) is 16.1 Å². The number of amides is 2. The number of hydrogen-bond donors (Lipinski definition) is 1. The summed E-state index contributed by atoms with van der Waals surface area (Å²) < 4.78 is 0.752. The van der Waals surface area contributed by atoms with Gasteiger partial charge in [-0.25, -0.2) is 0 Å². The van der Waals surface area contributed by atoms with Crippen LogP contribution in [-0.2, 0) is 0 Å². The van der Waals surface area contributed by atoms with E-state index in [2.05, 4.69) is 31.1 Å². The molecule has 2 amide bonds. The number of halogens is 2. The van der Waals surface area contributed by atoms with Crippen LogP contribution in [0.15, 0.2) is 71.5 Å². The lowest BCUT2D eigenvalue weighted by atomic mass is 10.1. The first-order valence-electron chi connectivity index (χ1n) is 9.82. The molecule has 1 N–H and O–H groups in total. The van der Waals surface area contributed by atoms with Crippen molar-refractivity contribution in [3.63, 3.8) is 0 Å². The summed E-state index contributed by atoms with van der Waals surface area (Å²) in [6.07, 6.45) is 3.16. The van der Waals surface area contributed by atoms with Gasteiger partial charge < -0.3 is 15.1 Å². The minimum Gasteiger partial charge on any atom is -0.368 e. The van der Waals surface area contributed by atoms with Gasteiger partial charge in [0.25, 0.3) is 11.8 Å². The van der Waals surface area contributed by atoms with E-state index in [4.69, 9.17) is 11.6 Å². The van der Waals surface area contributed by atoms with Crippen molar-refractivity contribution < 1.29 is 9.59 Å². The molecular weight excluding hydrogens is 480 g/mol. The molecule has 1 aromatic heterocycles. The maximum Gasteiger partial charge on any atom is 0.257 e. The summed E-state index contributed by atoms with van der Waals surface area (Å²) in [4.78, 5) is 33.2. The van der Waals surface area contributed by atoms with Crippen LogP contribution in [0.1, 0.15) is 20.7 Å². The largest absolute Gasteiger partial charge is 0.368 e. The third kappa shape index (κ3) is 5.06. The van der Waals surface area contributed by atoms with Crippen molar-refractivity contribution in [3.8, 4) is 0 Å². The fourth-order valence-corrected chi connectivity index (χ4v) is 4.05. The maximum atomic E-state index is 12.7. The number of carbonyl (C=O) groups is 2. The smallest absolute Gasteiger partial charge is 0.257 e. The highest BCUT2D eigenvalue weighted by Crippen LogP contribution is 2.22. The van der Waals surface area contributed by atoms with Crippen molar-refractivity contribution in [2.75, 3.05) is 36.4 Å². The lowest BCUT2D eigenvalue weighted by Crippen LogP contribution is -2.48. The molecule has 6 nitrogen and oxygen atoms in total. The molecule has 8 heteroatoms. The monoisotopic (exact) mass is 498 g/mol. The molecule has 0 atom stereocenters. The van der Waals surface area contributed by atoms with E-state index in [1.165, 1.54) is 6.20 Å². The molecule has 0 saturated carbocycles. The highest BCUT2D eigenvalue weighted by molar-refractivity contribution is 9.10. The lowest BCUT2D eigenvalue weighted by molar-refractivity contribution is 0.0747. The Labute approximate surface area is 194 Å². The molecule has 1 fully saturated rings. The van der Waals surface area contributed by atoms with Crippen LogP contribution in [0.3, 0.4) is 0 Å². The van der Waals surface area contributed by atoms with Crippen LogP contribution >= 0.6 is 27.5 Å². The predicted octanol–water partition coefficient (Wildman–Crippen LogP) is 4.71. The van der Waals surface area contributed by atoms with Crippen LogP contribution < -0.4 is 10.2 Å². The van der Waals surface area contributed by atoms with E-state index in [-0.39, 0.29) is 11.8 Å². The van der Waals surface area contributed by atoms with Crippen molar-refractivity contribution in [2.24, 2.45) is 0 Å². The summed E-state index contributed by atoms with van der Waals surface area (Å²) in [5.74, 6) is -0.251. The van der Waals surface area contributed by atoms with E-state index >= 15 is 0 Å².